The van der Waals surface area contributed by atoms with Crippen molar-refractivity contribution in [3.05, 3.63) is 0 Å². The Morgan fingerprint density at radius 2 is 1.96 bits per heavy atom. The number of hydrogen-bond acceptors (Lipinski definition) is 9. The van der Waals surface area contributed by atoms with Crippen LogP contribution in [0.2, 0.25) is 0 Å². The van der Waals surface area contributed by atoms with E-state index in [9.17, 15) is 34.8 Å². The smallest absolute Gasteiger partial charge is 0.364 e. The number of hydrogen-bond donors (Lipinski definition) is 7. The first kappa shape index (κ1) is 24.2. The molecule has 0 aromatic rings. The molecule has 0 bridgehead atoms. The number of aliphatic hydroxyl groups is 4. The molecule has 1 fully saturated rings. The first-order valence-electron chi connectivity index (χ1n) is 8.72. The van der Waals surface area contributed by atoms with Crippen molar-refractivity contribution in [2.24, 2.45) is 0 Å². The van der Waals surface area contributed by atoms with Crippen LogP contribution in [0.4, 0.5) is 0 Å². The number of amides is 2. The monoisotopic (exact) mass is 408 g/mol. The van der Waals surface area contributed by atoms with Crippen molar-refractivity contribution in [2.45, 2.75) is 62.4 Å². The highest BCUT2D eigenvalue weighted by atomic mass is 16.7. The minimum atomic E-state index is -2.82. The van der Waals surface area contributed by atoms with Crippen LogP contribution in [0.5, 0.6) is 0 Å². The van der Waals surface area contributed by atoms with Gasteiger partial charge in [-0.1, -0.05) is 0 Å². The summed E-state index contributed by atoms with van der Waals surface area (Å²) in [5, 5.41) is 54.5. The SMILES string of the molecule is COCCCC(=O)NC[C@@H](O)[C@@H](O)C1O[C@](O)(C(=O)O)C[C@H](O)[C@H]1NC(C)=O. The average molecular weight is 408 g/mol. The van der Waals surface area contributed by atoms with Gasteiger partial charge in [-0.15, -0.1) is 0 Å². The molecule has 7 N–H and O–H groups in total. The molecular weight excluding hydrogens is 380 g/mol. The molecule has 12 heteroatoms. The third-order valence-electron chi connectivity index (χ3n) is 4.28. The van der Waals surface area contributed by atoms with Crippen molar-refractivity contribution in [1.82, 2.24) is 10.6 Å². The summed E-state index contributed by atoms with van der Waals surface area (Å²) in [4.78, 5) is 34.3. The van der Waals surface area contributed by atoms with Gasteiger partial charge in [0, 0.05) is 40.0 Å². The van der Waals surface area contributed by atoms with E-state index in [1.807, 2.05) is 0 Å². The van der Waals surface area contributed by atoms with Gasteiger partial charge in [0.2, 0.25) is 11.8 Å². The molecule has 1 saturated heterocycles. The summed E-state index contributed by atoms with van der Waals surface area (Å²) in [6.45, 7) is 1.10. The molecule has 1 aliphatic heterocycles. The lowest BCUT2D eigenvalue weighted by Gasteiger charge is -2.44. The second-order valence-corrected chi connectivity index (χ2v) is 6.63. The van der Waals surface area contributed by atoms with Crippen LogP contribution >= 0.6 is 0 Å². The fraction of sp³-hybridized carbons (Fsp3) is 0.812. The third-order valence-corrected chi connectivity index (χ3v) is 4.28. The van der Waals surface area contributed by atoms with Crippen LogP contribution in [-0.4, -0.2) is 99.8 Å². The number of carboxylic acids is 1. The summed E-state index contributed by atoms with van der Waals surface area (Å²) in [5.74, 6) is -5.63. The molecule has 28 heavy (non-hydrogen) atoms. The van der Waals surface area contributed by atoms with E-state index in [4.69, 9.17) is 14.6 Å². The molecule has 1 rings (SSSR count). The van der Waals surface area contributed by atoms with Crippen molar-refractivity contribution in [3.63, 3.8) is 0 Å². The van der Waals surface area contributed by atoms with Gasteiger partial charge in [-0.05, 0) is 6.42 Å². The number of carbonyl (C=O) groups is 3. The van der Waals surface area contributed by atoms with E-state index in [0.29, 0.717) is 13.0 Å². The summed E-state index contributed by atoms with van der Waals surface area (Å²) in [7, 11) is 1.49. The molecule has 1 aliphatic rings. The third kappa shape index (κ3) is 6.65. The fourth-order valence-electron chi connectivity index (χ4n) is 2.83. The van der Waals surface area contributed by atoms with Crippen molar-refractivity contribution in [1.29, 1.82) is 0 Å². The Hall–Kier alpha value is -1.83. The molecule has 0 aromatic heterocycles. The molecule has 0 aromatic carbocycles. The molecular formula is C16H28N2O10. The van der Waals surface area contributed by atoms with Gasteiger partial charge < -0.3 is 45.6 Å². The largest absolute Gasteiger partial charge is 0.477 e. The second kappa shape index (κ2) is 10.6. The summed E-state index contributed by atoms with van der Waals surface area (Å²) in [6, 6.07) is -1.29. The molecule has 0 aliphatic carbocycles. The molecule has 0 saturated carbocycles. The predicted molar refractivity (Wildman–Crippen MR) is 91.8 cm³/mol. The highest BCUT2D eigenvalue weighted by Crippen LogP contribution is 2.30. The molecule has 0 spiro atoms. The van der Waals surface area contributed by atoms with Gasteiger partial charge in [0.15, 0.2) is 0 Å². The van der Waals surface area contributed by atoms with E-state index < -0.39 is 67.0 Å². The summed E-state index contributed by atoms with van der Waals surface area (Å²) in [6.07, 6.45) is -6.88. The lowest BCUT2D eigenvalue weighted by atomic mass is 9.88. The molecule has 2 amide bonds. The second-order valence-electron chi connectivity index (χ2n) is 6.63. The number of carbonyl (C=O) groups excluding carboxylic acids is 2. The van der Waals surface area contributed by atoms with Crippen LogP contribution in [0, 0.1) is 0 Å². The van der Waals surface area contributed by atoms with E-state index in [0.717, 1.165) is 6.92 Å². The van der Waals surface area contributed by atoms with Crippen molar-refractivity contribution in [2.75, 3.05) is 20.3 Å². The van der Waals surface area contributed by atoms with E-state index in [-0.39, 0.29) is 6.42 Å². The standard InChI is InChI=1S/C16H28N2O10/c1-8(19)18-12-9(20)6-16(26,15(24)25)28-14(12)13(23)10(21)7-17-11(22)4-3-5-27-2/h9-10,12-14,20-21,23,26H,3-7H2,1-2H3,(H,17,22)(H,18,19)(H,24,25)/t9-,10+,12+,13+,14?,16-/m0/s1. The van der Waals surface area contributed by atoms with Crippen LogP contribution in [0.1, 0.15) is 26.2 Å². The Labute approximate surface area is 161 Å². The van der Waals surface area contributed by atoms with Crippen LogP contribution in [0.3, 0.4) is 0 Å². The maximum Gasteiger partial charge on any atom is 0.364 e. The molecule has 6 atom stereocenters. The Morgan fingerprint density at radius 1 is 1.32 bits per heavy atom. The zero-order valence-corrected chi connectivity index (χ0v) is 15.7. The molecule has 1 unspecified atom stereocenters. The number of ether oxygens (including phenoxy) is 2. The van der Waals surface area contributed by atoms with E-state index in [1.165, 1.54) is 7.11 Å². The number of aliphatic hydroxyl groups excluding tert-OH is 3. The molecule has 162 valence electrons. The van der Waals surface area contributed by atoms with Crippen LogP contribution in [0.15, 0.2) is 0 Å². The maximum atomic E-state index is 11.7. The van der Waals surface area contributed by atoms with Gasteiger partial charge in [-0.25, -0.2) is 4.79 Å². The normalized spacial score (nSPS) is 29.6. The minimum absolute atomic E-state index is 0.128. The van der Waals surface area contributed by atoms with E-state index >= 15 is 0 Å². The van der Waals surface area contributed by atoms with Crippen LogP contribution in [-0.2, 0) is 23.9 Å². The Kier molecular flexibility index (Phi) is 9.20. The Morgan fingerprint density at radius 3 is 2.50 bits per heavy atom. The molecule has 1 heterocycles. The van der Waals surface area contributed by atoms with Gasteiger partial charge in [-0.2, -0.15) is 0 Å². The Balaban J connectivity index is 2.82. The van der Waals surface area contributed by atoms with E-state index in [1.54, 1.807) is 0 Å². The van der Waals surface area contributed by atoms with Crippen LogP contribution < -0.4 is 10.6 Å². The van der Waals surface area contributed by atoms with Crippen molar-refractivity contribution in [3.8, 4) is 0 Å². The molecule has 12 nitrogen and oxygen atoms in total. The first-order valence-corrected chi connectivity index (χ1v) is 8.72. The lowest BCUT2D eigenvalue weighted by Crippen LogP contribution is -2.67. The van der Waals surface area contributed by atoms with Gasteiger partial charge in [0.25, 0.3) is 5.79 Å². The van der Waals surface area contributed by atoms with Gasteiger partial charge >= 0.3 is 5.97 Å². The highest BCUT2D eigenvalue weighted by Gasteiger charge is 2.53. The predicted octanol–water partition coefficient (Wildman–Crippen LogP) is -3.32. The summed E-state index contributed by atoms with van der Waals surface area (Å²) >= 11 is 0. The zero-order chi connectivity index (χ0) is 21.5. The lowest BCUT2D eigenvalue weighted by molar-refractivity contribution is -0.294. The number of rotatable bonds is 10. The number of carboxylic acid groups (broad SMARTS) is 1. The zero-order valence-electron chi connectivity index (χ0n) is 15.7. The first-order chi connectivity index (χ1) is 13.0. The van der Waals surface area contributed by atoms with Gasteiger partial charge in [-0.3, -0.25) is 9.59 Å². The quantitative estimate of drug-likeness (QED) is 0.180. The number of nitrogens with one attached hydrogen (secondary N) is 2. The molecule has 0 radical (unpaired) electrons. The minimum Gasteiger partial charge on any atom is -0.477 e. The van der Waals surface area contributed by atoms with Gasteiger partial charge in [0.05, 0.1) is 18.2 Å². The number of aliphatic carboxylic acids is 1. The van der Waals surface area contributed by atoms with Crippen molar-refractivity contribution < 1.29 is 49.4 Å². The Bertz CT molecular complexity index is 560. The summed E-state index contributed by atoms with van der Waals surface area (Å²) < 4.78 is 9.84. The van der Waals surface area contributed by atoms with Crippen molar-refractivity contribution >= 4 is 17.8 Å². The van der Waals surface area contributed by atoms with Gasteiger partial charge in [0.1, 0.15) is 12.2 Å². The number of methoxy groups -OCH3 is 1. The van der Waals surface area contributed by atoms with E-state index in [2.05, 4.69) is 10.6 Å². The topological polar surface area (TPSA) is 195 Å². The maximum absolute atomic E-state index is 11.7. The van der Waals surface area contributed by atoms with Crippen LogP contribution in [0.25, 0.3) is 0 Å². The summed E-state index contributed by atoms with van der Waals surface area (Å²) in [5.41, 5.74) is 0. The fourth-order valence-corrected chi connectivity index (χ4v) is 2.83. The average Bonchev–Trinajstić information content (AvgIpc) is 2.61. The highest BCUT2D eigenvalue weighted by molar-refractivity contribution is 5.76.